The molecule has 0 spiro atoms. The van der Waals surface area contributed by atoms with E-state index in [0.717, 1.165) is 19.0 Å². The molecule has 3 N–H and O–H groups in total. The first-order valence-electron chi connectivity index (χ1n) is 7.13. The van der Waals surface area contributed by atoms with E-state index in [-0.39, 0.29) is 0 Å². The van der Waals surface area contributed by atoms with Crippen LogP contribution in [0.3, 0.4) is 0 Å². The van der Waals surface area contributed by atoms with Crippen LogP contribution in [0.25, 0.3) is 0 Å². The normalized spacial score (nSPS) is 19.8. The van der Waals surface area contributed by atoms with Crippen LogP contribution < -0.4 is 11.1 Å². The van der Waals surface area contributed by atoms with Gasteiger partial charge >= 0.3 is 0 Å². The van der Waals surface area contributed by atoms with Crippen LogP contribution in [0.15, 0.2) is 0 Å². The molecule has 0 saturated carbocycles. The molecule has 0 aromatic heterocycles. The summed E-state index contributed by atoms with van der Waals surface area (Å²) in [5.74, 6) is 0.946. The van der Waals surface area contributed by atoms with Gasteiger partial charge in [0.15, 0.2) is 0 Å². The van der Waals surface area contributed by atoms with Gasteiger partial charge in [0.25, 0.3) is 0 Å². The maximum Gasteiger partial charge on any atom is -0.00191 e. The van der Waals surface area contributed by atoms with Crippen LogP contribution in [-0.4, -0.2) is 44.7 Å². The number of hydrogen-bond donors (Lipinski definition) is 2. The molecular weight excluding hydrogens is 210 g/mol. The fraction of sp³-hybridized carbons (Fsp3) is 1.00. The van der Waals surface area contributed by atoms with E-state index in [1.54, 1.807) is 0 Å². The number of piperidine rings is 1. The van der Waals surface area contributed by atoms with E-state index in [9.17, 15) is 0 Å². The van der Waals surface area contributed by atoms with E-state index in [2.05, 4.69) is 31.1 Å². The molecule has 0 unspecified atom stereocenters. The largest absolute Gasteiger partial charge is 0.330 e. The van der Waals surface area contributed by atoms with Crippen molar-refractivity contribution in [3.05, 3.63) is 0 Å². The van der Waals surface area contributed by atoms with Gasteiger partial charge in [0, 0.05) is 0 Å². The third kappa shape index (κ3) is 6.39. The quantitative estimate of drug-likeness (QED) is 0.666. The van der Waals surface area contributed by atoms with Gasteiger partial charge in [-0.3, -0.25) is 0 Å². The molecule has 0 radical (unpaired) electrons. The van der Waals surface area contributed by atoms with Crippen LogP contribution in [0.2, 0.25) is 0 Å². The Bertz CT molecular complexity index is 196. The molecule has 1 fully saturated rings. The van der Waals surface area contributed by atoms with E-state index < -0.39 is 0 Å². The second kappa shape index (κ2) is 7.34. The van der Waals surface area contributed by atoms with Gasteiger partial charge in [0.05, 0.1) is 0 Å². The van der Waals surface area contributed by atoms with E-state index >= 15 is 0 Å². The van der Waals surface area contributed by atoms with E-state index in [0.29, 0.717) is 5.41 Å². The molecule has 102 valence electrons. The highest BCUT2D eigenvalue weighted by Crippen LogP contribution is 2.19. The molecule has 1 saturated heterocycles. The summed E-state index contributed by atoms with van der Waals surface area (Å²) in [5, 5.41) is 3.57. The first kappa shape index (κ1) is 14.9. The van der Waals surface area contributed by atoms with Crippen molar-refractivity contribution in [2.45, 2.75) is 39.5 Å². The Hall–Kier alpha value is -0.120. The second-order valence-electron chi connectivity index (χ2n) is 6.40. The highest BCUT2D eigenvalue weighted by molar-refractivity contribution is 4.72. The molecule has 0 aromatic carbocycles. The first-order chi connectivity index (χ1) is 8.03. The summed E-state index contributed by atoms with van der Waals surface area (Å²) in [6, 6.07) is 0. The Morgan fingerprint density at radius 2 is 1.88 bits per heavy atom. The van der Waals surface area contributed by atoms with Crippen LogP contribution in [0.1, 0.15) is 39.5 Å². The number of nitrogens with one attached hydrogen (secondary N) is 1. The number of nitrogens with zero attached hydrogens (tertiary/aromatic N) is 1. The molecule has 3 heteroatoms. The molecule has 1 rings (SSSR count). The molecule has 17 heavy (non-hydrogen) atoms. The molecule has 3 nitrogen and oxygen atoms in total. The van der Waals surface area contributed by atoms with Gasteiger partial charge in [0.2, 0.25) is 0 Å². The molecular formula is C14H31N3. The van der Waals surface area contributed by atoms with E-state index in [4.69, 9.17) is 5.73 Å². The van der Waals surface area contributed by atoms with Crippen LogP contribution in [0, 0.1) is 11.3 Å². The predicted octanol–water partition coefficient (Wildman–Crippen LogP) is 1.68. The van der Waals surface area contributed by atoms with Gasteiger partial charge < -0.3 is 16.0 Å². The van der Waals surface area contributed by atoms with Crippen LogP contribution in [-0.2, 0) is 0 Å². The van der Waals surface area contributed by atoms with Crippen LogP contribution >= 0.6 is 0 Å². The van der Waals surface area contributed by atoms with Crippen molar-refractivity contribution < 1.29 is 0 Å². The van der Waals surface area contributed by atoms with Crippen molar-refractivity contribution in [1.29, 1.82) is 0 Å². The summed E-state index contributed by atoms with van der Waals surface area (Å²) in [5.41, 5.74) is 6.01. The SMILES string of the molecule is CN1CCC(CCNCCC(C)(C)CN)CC1. The smallest absolute Gasteiger partial charge is 0.00191 e. The number of rotatable bonds is 7. The van der Waals surface area contributed by atoms with E-state index in [1.165, 1.54) is 45.3 Å². The van der Waals surface area contributed by atoms with Crippen molar-refractivity contribution in [2.24, 2.45) is 17.1 Å². The van der Waals surface area contributed by atoms with Crippen molar-refractivity contribution in [3.8, 4) is 0 Å². The lowest BCUT2D eigenvalue weighted by Crippen LogP contribution is -2.32. The summed E-state index contributed by atoms with van der Waals surface area (Å²) in [6.45, 7) is 10.1. The van der Waals surface area contributed by atoms with Crippen molar-refractivity contribution >= 4 is 0 Å². The van der Waals surface area contributed by atoms with Gasteiger partial charge in [-0.15, -0.1) is 0 Å². The number of likely N-dealkylation sites (tertiary alicyclic amines) is 1. The summed E-state index contributed by atoms with van der Waals surface area (Å²) >= 11 is 0. The summed E-state index contributed by atoms with van der Waals surface area (Å²) in [6.07, 6.45) is 5.28. The minimum absolute atomic E-state index is 0.292. The average Bonchev–Trinajstić information content (AvgIpc) is 2.31. The Morgan fingerprint density at radius 1 is 1.24 bits per heavy atom. The maximum absolute atomic E-state index is 5.72. The Balaban J connectivity index is 1.97. The lowest BCUT2D eigenvalue weighted by atomic mass is 9.89. The fourth-order valence-corrected chi connectivity index (χ4v) is 2.31. The highest BCUT2D eigenvalue weighted by Gasteiger charge is 2.17. The summed E-state index contributed by atoms with van der Waals surface area (Å²) in [7, 11) is 2.23. The van der Waals surface area contributed by atoms with Gasteiger partial charge in [-0.2, -0.15) is 0 Å². The zero-order valence-electron chi connectivity index (χ0n) is 12.0. The molecule has 0 aliphatic carbocycles. The van der Waals surface area contributed by atoms with Crippen molar-refractivity contribution in [1.82, 2.24) is 10.2 Å². The highest BCUT2D eigenvalue weighted by atomic mass is 15.1. The minimum atomic E-state index is 0.292. The Morgan fingerprint density at radius 3 is 2.47 bits per heavy atom. The third-order valence-corrected chi connectivity index (χ3v) is 4.10. The van der Waals surface area contributed by atoms with Crippen LogP contribution in [0.4, 0.5) is 0 Å². The lowest BCUT2D eigenvalue weighted by molar-refractivity contribution is 0.211. The molecule has 1 aliphatic heterocycles. The number of nitrogens with two attached hydrogens (primary N) is 1. The van der Waals surface area contributed by atoms with Gasteiger partial charge in [-0.25, -0.2) is 0 Å². The van der Waals surface area contributed by atoms with Crippen molar-refractivity contribution in [3.63, 3.8) is 0 Å². The van der Waals surface area contributed by atoms with Crippen molar-refractivity contribution in [2.75, 3.05) is 39.8 Å². The van der Waals surface area contributed by atoms with E-state index in [1.807, 2.05) is 0 Å². The maximum atomic E-state index is 5.72. The number of hydrogen-bond acceptors (Lipinski definition) is 3. The molecule has 0 atom stereocenters. The average molecular weight is 241 g/mol. The Kier molecular flexibility index (Phi) is 6.45. The minimum Gasteiger partial charge on any atom is -0.330 e. The zero-order valence-corrected chi connectivity index (χ0v) is 12.0. The standard InChI is InChI=1S/C14H31N3/c1-14(2,12-15)7-9-16-8-4-13-5-10-17(3)11-6-13/h13,16H,4-12,15H2,1-3H3. The monoisotopic (exact) mass is 241 g/mol. The second-order valence-corrected chi connectivity index (χ2v) is 6.40. The van der Waals surface area contributed by atoms with Gasteiger partial charge in [-0.1, -0.05) is 13.8 Å². The summed E-state index contributed by atoms with van der Waals surface area (Å²) in [4.78, 5) is 2.44. The topological polar surface area (TPSA) is 41.3 Å². The molecule has 1 heterocycles. The fourth-order valence-electron chi connectivity index (χ4n) is 2.31. The summed E-state index contributed by atoms with van der Waals surface area (Å²) < 4.78 is 0. The molecule has 0 aromatic rings. The first-order valence-corrected chi connectivity index (χ1v) is 7.13. The van der Waals surface area contributed by atoms with Crippen LogP contribution in [0.5, 0.6) is 0 Å². The Labute approximate surface area is 107 Å². The van der Waals surface area contributed by atoms with Gasteiger partial charge in [0.1, 0.15) is 0 Å². The lowest BCUT2D eigenvalue weighted by Gasteiger charge is -2.29. The molecule has 0 amide bonds. The molecule has 0 bridgehead atoms. The predicted molar refractivity (Wildman–Crippen MR) is 75.2 cm³/mol. The van der Waals surface area contributed by atoms with Gasteiger partial charge in [-0.05, 0) is 76.8 Å². The zero-order chi connectivity index (χ0) is 12.7. The third-order valence-electron chi connectivity index (χ3n) is 4.10. The molecule has 1 aliphatic rings.